The third kappa shape index (κ3) is 2.12. The number of hydrogen-bond acceptors (Lipinski definition) is 2. The summed E-state index contributed by atoms with van der Waals surface area (Å²) < 4.78 is 1.62. The van der Waals surface area contributed by atoms with Gasteiger partial charge in [0.15, 0.2) is 10.9 Å². The quantitative estimate of drug-likeness (QED) is 0.306. The van der Waals surface area contributed by atoms with Gasteiger partial charge in [-0.3, -0.25) is 9.59 Å². The van der Waals surface area contributed by atoms with E-state index in [0.717, 1.165) is 20.0 Å². The zero-order chi connectivity index (χ0) is 18.0. The smallest absolute Gasteiger partial charge is 0.197 e. The van der Waals surface area contributed by atoms with Crippen LogP contribution in [0.4, 0.5) is 0 Å². The lowest BCUT2D eigenvalue weighted by Gasteiger charge is -2.08. The van der Waals surface area contributed by atoms with Gasteiger partial charge in [-0.25, -0.2) is 0 Å². The lowest BCUT2D eigenvalue weighted by molar-refractivity contribution is 1.44. The molecule has 0 aliphatic rings. The van der Waals surface area contributed by atoms with Gasteiger partial charge in [-0.05, 0) is 68.3 Å². The predicted octanol–water partition coefficient (Wildman–Crippen LogP) is 5.20. The first-order chi connectivity index (χ1) is 12.5. The van der Waals surface area contributed by atoms with Gasteiger partial charge < -0.3 is 9.97 Å². The van der Waals surface area contributed by atoms with E-state index in [2.05, 4.69) is 41.8 Å². The standard InChI is InChI=1S/C20H10Br2N2O2/c21-13-5-1-3-9-17(13)23-15-8-12-16(7-11(15)19(9)25)24-18-10(20(12)26)4-2-6-14(18)22/h1-8H,(H,23,25)(H,24,26). The Balaban J connectivity index is 2.04. The van der Waals surface area contributed by atoms with Crippen molar-refractivity contribution in [3.8, 4) is 0 Å². The first-order valence-corrected chi connectivity index (χ1v) is 9.51. The van der Waals surface area contributed by atoms with Crippen molar-refractivity contribution in [3.63, 3.8) is 0 Å². The molecule has 0 fully saturated rings. The number of H-pyrrole nitrogens is 2. The van der Waals surface area contributed by atoms with Crippen LogP contribution in [0.15, 0.2) is 67.1 Å². The van der Waals surface area contributed by atoms with Gasteiger partial charge in [0.1, 0.15) is 0 Å². The Hall–Kier alpha value is -2.44. The Morgan fingerprint density at radius 3 is 1.46 bits per heavy atom. The van der Waals surface area contributed by atoms with Crippen molar-refractivity contribution in [2.24, 2.45) is 0 Å². The average Bonchev–Trinajstić information content (AvgIpc) is 2.63. The number of pyridine rings is 2. The minimum atomic E-state index is -0.0648. The van der Waals surface area contributed by atoms with E-state index < -0.39 is 0 Å². The van der Waals surface area contributed by atoms with Crippen molar-refractivity contribution in [1.82, 2.24) is 9.97 Å². The molecule has 2 aromatic heterocycles. The molecule has 0 amide bonds. The first-order valence-electron chi connectivity index (χ1n) is 7.93. The number of para-hydroxylation sites is 2. The summed E-state index contributed by atoms with van der Waals surface area (Å²) in [6, 6.07) is 14.5. The Morgan fingerprint density at radius 1 is 0.615 bits per heavy atom. The number of rotatable bonds is 0. The largest absolute Gasteiger partial charge is 0.353 e. The molecule has 0 radical (unpaired) electrons. The van der Waals surface area contributed by atoms with E-state index in [0.29, 0.717) is 32.6 Å². The normalized spacial score (nSPS) is 11.8. The van der Waals surface area contributed by atoms with Gasteiger partial charge in [0.25, 0.3) is 0 Å². The SMILES string of the molecule is O=c1c2cc3[nH]c4c(Br)cccc4c(=O)c3cc2[nH]c2c(Br)cccc12. The summed E-state index contributed by atoms with van der Waals surface area (Å²) in [6.45, 7) is 0. The minimum Gasteiger partial charge on any atom is -0.353 e. The van der Waals surface area contributed by atoms with Gasteiger partial charge in [0, 0.05) is 30.5 Å². The number of halogens is 2. The molecule has 0 aliphatic heterocycles. The lowest BCUT2D eigenvalue weighted by atomic mass is 10.1. The second kappa shape index (κ2) is 5.53. The molecule has 0 aliphatic carbocycles. The molecule has 0 saturated carbocycles. The van der Waals surface area contributed by atoms with E-state index in [-0.39, 0.29) is 10.9 Å². The summed E-state index contributed by atoms with van der Waals surface area (Å²) >= 11 is 6.96. The van der Waals surface area contributed by atoms with E-state index in [1.54, 1.807) is 24.3 Å². The number of fused-ring (bicyclic) bond motifs is 4. The highest BCUT2D eigenvalue weighted by Crippen LogP contribution is 2.26. The molecular formula is C20H10Br2N2O2. The first kappa shape index (κ1) is 15.8. The van der Waals surface area contributed by atoms with Crippen LogP contribution in [-0.4, -0.2) is 9.97 Å². The number of aromatic amines is 2. The molecule has 2 heterocycles. The van der Waals surface area contributed by atoms with Crippen LogP contribution in [0.2, 0.25) is 0 Å². The monoisotopic (exact) mass is 468 g/mol. The fraction of sp³-hybridized carbons (Fsp3) is 0. The van der Waals surface area contributed by atoms with E-state index in [9.17, 15) is 9.59 Å². The number of nitrogens with one attached hydrogen (secondary N) is 2. The van der Waals surface area contributed by atoms with Crippen LogP contribution < -0.4 is 10.9 Å². The number of hydrogen-bond donors (Lipinski definition) is 2. The Labute approximate surface area is 163 Å². The zero-order valence-corrected chi connectivity index (χ0v) is 16.4. The second-order valence-corrected chi connectivity index (χ2v) is 7.89. The van der Waals surface area contributed by atoms with Crippen LogP contribution in [0, 0.1) is 0 Å². The molecule has 3 aromatic carbocycles. The Kier molecular flexibility index (Phi) is 3.36. The highest BCUT2D eigenvalue weighted by molar-refractivity contribution is 9.11. The minimum absolute atomic E-state index is 0.0648. The molecule has 0 atom stereocenters. The van der Waals surface area contributed by atoms with Gasteiger partial charge in [-0.2, -0.15) is 0 Å². The third-order valence-electron chi connectivity index (χ3n) is 4.68. The van der Waals surface area contributed by atoms with E-state index >= 15 is 0 Å². The third-order valence-corrected chi connectivity index (χ3v) is 6.00. The fourth-order valence-corrected chi connectivity index (χ4v) is 4.35. The molecule has 0 bridgehead atoms. The molecule has 5 rings (SSSR count). The molecule has 26 heavy (non-hydrogen) atoms. The molecular weight excluding hydrogens is 460 g/mol. The fourth-order valence-electron chi connectivity index (χ4n) is 3.42. The topological polar surface area (TPSA) is 65.7 Å². The maximum Gasteiger partial charge on any atom is 0.197 e. The van der Waals surface area contributed by atoms with Gasteiger partial charge >= 0.3 is 0 Å². The van der Waals surface area contributed by atoms with Crippen LogP contribution in [-0.2, 0) is 0 Å². The summed E-state index contributed by atoms with van der Waals surface area (Å²) in [6.07, 6.45) is 0. The van der Waals surface area contributed by atoms with E-state index in [1.165, 1.54) is 0 Å². The van der Waals surface area contributed by atoms with Crippen molar-refractivity contribution < 1.29 is 0 Å². The second-order valence-electron chi connectivity index (χ2n) is 6.18. The van der Waals surface area contributed by atoms with Crippen LogP contribution in [0.25, 0.3) is 43.6 Å². The van der Waals surface area contributed by atoms with Crippen molar-refractivity contribution in [3.05, 3.63) is 77.9 Å². The maximum atomic E-state index is 13.0. The Bertz CT molecular complexity index is 1380. The summed E-state index contributed by atoms with van der Waals surface area (Å²) in [7, 11) is 0. The molecule has 2 N–H and O–H groups in total. The highest BCUT2D eigenvalue weighted by atomic mass is 79.9. The summed E-state index contributed by atoms with van der Waals surface area (Å²) in [5.41, 5.74) is 2.60. The van der Waals surface area contributed by atoms with Gasteiger partial charge in [-0.1, -0.05) is 12.1 Å². The molecule has 6 heteroatoms. The molecule has 126 valence electrons. The van der Waals surface area contributed by atoms with E-state index in [1.807, 2.05) is 24.3 Å². The predicted molar refractivity (Wildman–Crippen MR) is 113 cm³/mol. The lowest BCUT2D eigenvalue weighted by Crippen LogP contribution is -2.08. The molecule has 0 spiro atoms. The van der Waals surface area contributed by atoms with E-state index in [4.69, 9.17) is 0 Å². The maximum absolute atomic E-state index is 13.0. The van der Waals surface area contributed by atoms with Gasteiger partial charge in [-0.15, -0.1) is 0 Å². The van der Waals surface area contributed by atoms with Crippen LogP contribution in [0.3, 0.4) is 0 Å². The van der Waals surface area contributed by atoms with Gasteiger partial charge in [0.2, 0.25) is 0 Å². The summed E-state index contributed by atoms with van der Waals surface area (Å²) in [5, 5.41) is 2.31. The van der Waals surface area contributed by atoms with Gasteiger partial charge in [0.05, 0.1) is 22.1 Å². The molecule has 4 nitrogen and oxygen atoms in total. The average molecular weight is 470 g/mol. The van der Waals surface area contributed by atoms with Crippen LogP contribution >= 0.6 is 31.9 Å². The van der Waals surface area contributed by atoms with Crippen molar-refractivity contribution in [2.45, 2.75) is 0 Å². The van der Waals surface area contributed by atoms with Crippen molar-refractivity contribution in [2.75, 3.05) is 0 Å². The van der Waals surface area contributed by atoms with Crippen LogP contribution in [0.1, 0.15) is 0 Å². The molecule has 5 aromatic rings. The highest BCUT2D eigenvalue weighted by Gasteiger charge is 2.12. The van der Waals surface area contributed by atoms with Crippen LogP contribution in [0.5, 0.6) is 0 Å². The Morgan fingerprint density at radius 2 is 1.04 bits per heavy atom. The van der Waals surface area contributed by atoms with Crippen molar-refractivity contribution in [1.29, 1.82) is 0 Å². The molecule has 0 unspecified atom stereocenters. The summed E-state index contributed by atoms with van der Waals surface area (Å²) in [5.74, 6) is 0. The molecule has 0 saturated heterocycles. The van der Waals surface area contributed by atoms with Crippen molar-refractivity contribution >= 4 is 75.5 Å². The summed E-state index contributed by atoms with van der Waals surface area (Å²) in [4.78, 5) is 32.5. The number of benzene rings is 3. The zero-order valence-electron chi connectivity index (χ0n) is 13.2. The number of aromatic nitrogens is 2.